The lowest BCUT2D eigenvalue weighted by atomic mass is 9.74. The number of aryl methyl sites for hydroxylation is 2. The van der Waals surface area contributed by atoms with E-state index in [-0.39, 0.29) is 23.1 Å². The van der Waals surface area contributed by atoms with E-state index in [0.29, 0.717) is 17.4 Å². The maximum Gasteiger partial charge on any atom is 0.410 e. The van der Waals surface area contributed by atoms with Gasteiger partial charge in [0.2, 0.25) is 0 Å². The Hall–Kier alpha value is -2.26. The summed E-state index contributed by atoms with van der Waals surface area (Å²) in [6.07, 6.45) is 13.9. The number of carbonyl (C=O) groups excluding carboxylic acids is 2. The van der Waals surface area contributed by atoms with Gasteiger partial charge in [-0.25, -0.2) is 14.8 Å². The number of rotatable bonds is 8. The first-order chi connectivity index (χ1) is 20.7. The van der Waals surface area contributed by atoms with E-state index >= 15 is 0 Å². The van der Waals surface area contributed by atoms with Crippen LogP contribution in [-0.2, 0) is 4.74 Å². The molecule has 5 heterocycles. The van der Waals surface area contributed by atoms with Crippen molar-refractivity contribution in [1.29, 1.82) is 0 Å². The van der Waals surface area contributed by atoms with Gasteiger partial charge in [-0.05, 0) is 84.7 Å². The predicted octanol–water partition coefficient (Wildman–Crippen LogP) is 5.06. The molecule has 1 aliphatic carbocycles. The number of hydrogen-bond acceptors (Lipinski definition) is 7. The summed E-state index contributed by atoms with van der Waals surface area (Å²) in [6.45, 7) is 15.9. The maximum absolute atomic E-state index is 13.5. The second kappa shape index (κ2) is 12.6. The Morgan fingerprint density at radius 1 is 0.953 bits per heavy atom. The first-order valence-electron chi connectivity index (χ1n) is 17.3. The number of amides is 2. The van der Waals surface area contributed by atoms with E-state index < -0.39 is 0 Å². The van der Waals surface area contributed by atoms with Crippen molar-refractivity contribution in [3.05, 3.63) is 23.3 Å². The summed E-state index contributed by atoms with van der Waals surface area (Å²) in [6, 6.07) is 0.847. The highest BCUT2D eigenvalue weighted by Gasteiger charge is 2.52. The first-order valence-corrected chi connectivity index (χ1v) is 17.3. The number of carbonyl (C=O) groups is 2. The summed E-state index contributed by atoms with van der Waals surface area (Å²) in [7, 11) is 0. The van der Waals surface area contributed by atoms with Crippen LogP contribution in [-0.4, -0.2) is 111 Å². The van der Waals surface area contributed by atoms with Crippen molar-refractivity contribution in [2.75, 3.05) is 52.4 Å². The Balaban J connectivity index is 1.04. The zero-order valence-electron chi connectivity index (χ0n) is 27.2. The Morgan fingerprint density at radius 3 is 2.21 bits per heavy atom. The molecule has 0 unspecified atom stereocenters. The molecule has 5 fully saturated rings. The van der Waals surface area contributed by atoms with Crippen molar-refractivity contribution >= 4 is 12.0 Å². The zero-order chi connectivity index (χ0) is 30.2. The van der Waals surface area contributed by atoms with Gasteiger partial charge in [-0.2, -0.15) is 0 Å². The molecular formula is C34H54N6O3. The Bertz CT molecular complexity index is 1130. The molecule has 1 atom stereocenters. The van der Waals surface area contributed by atoms with Gasteiger partial charge in [-0.1, -0.05) is 19.8 Å². The largest absolute Gasteiger partial charge is 0.442 e. The van der Waals surface area contributed by atoms with Crippen molar-refractivity contribution in [3.8, 4) is 0 Å². The molecule has 0 N–H and O–H groups in total. The van der Waals surface area contributed by atoms with E-state index in [1.807, 2.05) is 18.7 Å². The number of aromatic nitrogens is 2. The fraction of sp³-hybridized carbons (Fsp3) is 0.824. The number of likely N-dealkylation sites (tertiary alicyclic amines) is 3. The quantitative estimate of drug-likeness (QED) is 0.416. The number of ether oxygens (including phenoxy) is 1. The van der Waals surface area contributed by atoms with Crippen LogP contribution in [0.3, 0.4) is 0 Å². The minimum atomic E-state index is -0.329. The molecule has 5 aliphatic rings. The fourth-order valence-electron chi connectivity index (χ4n) is 8.54. The van der Waals surface area contributed by atoms with Gasteiger partial charge in [0.05, 0.1) is 17.0 Å². The van der Waals surface area contributed by atoms with Crippen LogP contribution in [0, 0.1) is 25.7 Å². The Morgan fingerprint density at radius 2 is 1.60 bits per heavy atom. The van der Waals surface area contributed by atoms with Crippen LogP contribution >= 0.6 is 0 Å². The molecule has 9 nitrogen and oxygen atoms in total. The molecule has 9 heteroatoms. The van der Waals surface area contributed by atoms with Crippen LogP contribution in [0.5, 0.6) is 0 Å². The van der Waals surface area contributed by atoms with Crippen molar-refractivity contribution in [2.24, 2.45) is 11.8 Å². The topological polar surface area (TPSA) is 82.1 Å². The number of piperidine rings is 3. The third-order valence-corrected chi connectivity index (χ3v) is 11.8. The normalized spacial score (nSPS) is 27.0. The second-order valence-corrected chi connectivity index (χ2v) is 14.6. The molecule has 4 aliphatic heterocycles. The molecule has 0 radical (unpaired) electrons. The highest BCUT2D eigenvalue weighted by molar-refractivity contribution is 5.96. The summed E-state index contributed by atoms with van der Waals surface area (Å²) >= 11 is 0. The lowest BCUT2D eigenvalue weighted by molar-refractivity contribution is -0.134. The molecule has 6 rings (SSSR count). The minimum absolute atomic E-state index is 0.0502. The van der Waals surface area contributed by atoms with E-state index in [4.69, 9.17) is 4.74 Å². The van der Waals surface area contributed by atoms with E-state index in [0.717, 1.165) is 88.8 Å². The van der Waals surface area contributed by atoms with Gasteiger partial charge in [0.15, 0.2) is 0 Å². The SMILES string of the molecule is CCCC[C@H]1CN(CC2CCN(C3CC3)CC2)C(=O)OC12CCN(C1(C)CCN(C(=O)c3c(C)ncnc3C)CC1)CC2. The van der Waals surface area contributed by atoms with Crippen molar-refractivity contribution in [3.63, 3.8) is 0 Å². The van der Waals surface area contributed by atoms with Crippen LogP contribution in [0.2, 0.25) is 0 Å². The average molecular weight is 595 g/mol. The molecule has 2 amide bonds. The number of unbranched alkanes of at least 4 members (excludes halogenated alkanes) is 1. The molecule has 4 saturated heterocycles. The first kappa shape index (κ1) is 30.8. The third kappa shape index (κ3) is 6.44. The lowest BCUT2D eigenvalue weighted by Gasteiger charge is -2.55. The molecular weight excluding hydrogens is 540 g/mol. The van der Waals surface area contributed by atoms with Crippen LogP contribution in [0.25, 0.3) is 0 Å². The molecule has 1 spiro atoms. The molecule has 0 bridgehead atoms. The van der Waals surface area contributed by atoms with E-state index in [2.05, 4.69) is 38.5 Å². The molecule has 1 saturated carbocycles. The Labute approximate surface area is 258 Å². The van der Waals surface area contributed by atoms with Crippen LogP contribution in [0.1, 0.15) is 106 Å². The van der Waals surface area contributed by atoms with Gasteiger partial charge in [0.25, 0.3) is 5.91 Å². The van der Waals surface area contributed by atoms with E-state index in [1.54, 1.807) is 0 Å². The smallest absolute Gasteiger partial charge is 0.410 e. The third-order valence-electron chi connectivity index (χ3n) is 11.8. The van der Waals surface area contributed by atoms with Gasteiger partial charge in [-0.3, -0.25) is 9.69 Å². The van der Waals surface area contributed by atoms with Crippen molar-refractivity contribution in [2.45, 2.75) is 116 Å². The monoisotopic (exact) mass is 594 g/mol. The minimum Gasteiger partial charge on any atom is -0.442 e. The summed E-state index contributed by atoms with van der Waals surface area (Å²) in [5.41, 5.74) is 1.88. The van der Waals surface area contributed by atoms with Crippen LogP contribution < -0.4 is 0 Å². The summed E-state index contributed by atoms with van der Waals surface area (Å²) in [5.74, 6) is 1.07. The van der Waals surface area contributed by atoms with Gasteiger partial charge >= 0.3 is 6.09 Å². The summed E-state index contributed by atoms with van der Waals surface area (Å²) in [5, 5.41) is 0. The summed E-state index contributed by atoms with van der Waals surface area (Å²) < 4.78 is 6.52. The van der Waals surface area contributed by atoms with Gasteiger partial charge < -0.3 is 19.4 Å². The lowest BCUT2D eigenvalue weighted by Crippen LogP contribution is -2.64. The van der Waals surface area contributed by atoms with Gasteiger partial charge in [0.1, 0.15) is 11.9 Å². The molecule has 43 heavy (non-hydrogen) atoms. The highest BCUT2D eigenvalue weighted by Crippen LogP contribution is 2.44. The van der Waals surface area contributed by atoms with Gasteiger partial charge in [0, 0.05) is 69.6 Å². The van der Waals surface area contributed by atoms with Crippen molar-refractivity contribution in [1.82, 2.24) is 29.6 Å². The number of hydrogen-bond donors (Lipinski definition) is 0. The van der Waals surface area contributed by atoms with E-state index in [1.165, 1.54) is 57.9 Å². The van der Waals surface area contributed by atoms with Gasteiger partial charge in [-0.15, -0.1) is 0 Å². The molecule has 1 aromatic rings. The standard InChI is InChI=1S/C34H54N6O3/c1-5-6-7-28-23-39(22-27-10-16-37(17-11-27)29-8-9-29)32(42)43-34(28)14-20-40(21-15-34)33(4)12-18-38(19-13-33)31(41)30-25(2)35-24-36-26(30)3/h24,27-29H,5-23H2,1-4H3/t28-/m0/s1. The second-order valence-electron chi connectivity index (χ2n) is 14.6. The molecule has 0 aromatic carbocycles. The zero-order valence-corrected chi connectivity index (χ0v) is 27.2. The van der Waals surface area contributed by atoms with Crippen LogP contribution in [0.4, 0.5) is 4.79 Å². The Kier molecular flexibility index (Phi) is 9.03. The molecule has 1 aromatic heterocycles. The predicted molar refractivity (Wildman–Crippen MR) is 167 cm³/mol. The number of nitrogens with zero attached hydrogens (tertiary/aromatic N) is 6. The summed E-state index contributed by atoms with van der Waals surface area (Å²) in [4.78, 5) is 44.7. The average Bonchev–Trinajstić information content (AvgIpc) is 3.85. The molecule has 238 valence electrons. The maximum atomic E-state index is 13.5. The van der Waals surface area contributed by atoms with E-state index in [9.17, 15) is 9.59 Å². The fourth-order valence-corrected chi connectivity index (χ4v) is 8.54. The van der Waals surface area contributed by atoms with Crippen LogP contribution in [0.15, 0.2) is 6.33 Å². The van der Waals surface area contributed by atoms with Crippen molar-refractivity contribution < 1.29 is 14.3 Å². The highest BCUT2D eigenvalue weighted by atomic mass is 16.6.